The second kappa shape index (κ2) is 6.14. The van der Waals surface area contributed by atoms with E-state index in [0.717, 1.165) is 6.42 Å². The van der Waals surface area contributed by atoms with Gasteiger partial charge in [0.1, 0.15) is 0 Å². The van der Waals surface area contributed by atoms with Crippen LogP contribution in [0.2, 0.25) is 0 Å². The number of hydrogen-bond donors (Lipinski definition) is 2. The molecule has 100 valence electrons. The molecule has 7 heteroatoms. The predicted molar refractivity (Wildman–Crippen MR) is 74.5 cm³/mol. The summed E-state index contributed by atoms with van der Waals surface area (Å²) in [6.45, 7) is 0.513. The minimum Gasteiger partial charge on any atom is -0.337 e. The molecule has 0 bridgehead atoms. The molecule has 19 heavy (non-hydrogen) atoms. The summed E-state index contributed by atoms with van der Waals surface area (Å²) in [5, 5.41) is 7.12. The summed E-state index contributed by atoms with van der Waals surface area (Å²) in [5.41, 5.74) is -0.337. The second-order valence-electron chi connectivity index (χ2n) is 3.90. The average molecular weight is 278 g/mol. The number of carbonyl (C=O) groups excluding carboxylic acids is 1. The van der Waals surface area contributed by atoms with Crippen molar-refractivity contribution in [2.45, 2.75) is 6.42 Å². The van der Waals surface area contributed by atoms with Crippen molar-refractivity contribution in [2.24, 2.45) is 7.05 Å². The van der Waals surface area contributed by atoms with Gasteiger partial charge in [0.05, 0.1) is 0 Å². The number of hydrogen-bond acceptors (Lipinski definition) is 4. The van der Waals surface area contributed by atoms with Crippen molar-refractivity contribution in [3.8, 4) is 0 Å². The van der Waals surface area contributed by atoms with Gasteiger partial charge >= 0.3 is 6.03 Å². The molecule has 0 aliphatic carbocycles. The monoisotopic (exact) mass is 278 g/mol. The standard InChI is InChI=1S/C12H14N4O2S/c1-16-7-6-13-10(11(16)17)15-12(18)14-5-4-9-3-2-8-19-9/h2-3,6-8H,4-5H2,1H3,(H2,13,14,15,18). The predicted octanol–water partition coefficient (Wildman–Crippen LogP) is 1.21. The van der Waals surface area contributed by atoms with Crippen molar-refractivity contribution in [2.75, 3.05) is 11.9 Å². The van der Waals surface area contributed by atoms with Gasteiger partial charge in [-0.2, -0.15) is 0 Å². The maximum atomic E-state index is 11.6. The number of rotatable bonds is 4. The smallest absolute Gasteiger partial charge is 0.320 e. The maximum absolute atomic E-state index is 11.6. The van der Waals surface area contributed by atoms with Gasteiger partial charge in [0.2, 0.25) is 5.82 Å². The summed E-state index contributed by atoms with van der Waals surface area (Å²) < 4.78 is 1.36. The molecule has 2 aromatic rings. The second-order valence-corrected chi connectivity index (χ2v) is 4.93. The van der Waals surface area contributed by atoms with E-state index in [-0.39, 0.29) is 11.4 Å². The number of thiophene rings is 1. The van der Waals surface area contributed by atoms with Crippen molar-refractivity contribution in [1.29, 1.82) is 0 Å². The molecule has 2 aromatic heterocycles. The van der Waals surface area contributed by atoms with Gasteiger partial charge in [-0.25, -0.2) is 9.78 Å². The van der Waals surface area contributed by atoms with E-state index in [4.69, 9.17) is 0 Å². The van der Waals surface area contributed by atoms with Crippen LogP contribution < -0.4 is 16.2 Å². The Hall–Kier alpha value is -2.15. The van der Waals surface area contributed by atoms with Crippen molar-refractivity contribution in [3.05, 3.63) is 45.1 Å². The zero-order valence-corrected chi connectivity index (χ0v) is 11.2. The van der Waals surface area contributed by atoms with E-state index in [0.29, 0.717) is 6.54 Å². The molecule has 0 fully saturated rings. The zero-order valence-electron chi connectivity index (χ0n) is 10.4. The first-order valence-corrected chi connectivity index (χ1v) is 6.63. The molecule has 6 nitrogen and oxygen atoms in total. The molecule has 0 aliphatic heterocycles. The normalized spacial score (nSPS) is 10.2. The third-order valence-electron chi connectivity index (χ3n) is 2.49. The van der Waals surface area contributed by atoms with E-state index in [2.05, 4.69) is 15.6 Å². The summed E-state index contributed by atoms with van der Waals surface area (Å²) in [6.07, 6.45) is 3.76. The van der Waals surface area contributed by atoms with Crippen LogP contribution in [-0.2, 0) is 13.5 Å². The fourth-order valence-electron chi connectivity index (χ4n) is 1.49. The van der Waals surface area contributed by atoms with Crippen LogP contribution in [0, 0.1) is 0 Å². The van der Waals surface area contributed by atoms with Gasteiger partial charge in [-0.3, -0.25) is 10.1 Å². The highest BCUT2D eigenvalue weighted by Gasteiger charge is 2.06. The number of carbonyl (C=O) groups is 1. The molecule has 2 amide bonds. The lowest BCUT2D eigenvalue weighted by atomic mass is 10.3. The Labute approximate surface area is 114 Å². The lowest BCUT2D eigenvalue weighted by Gasteiger charge is -2.06. The SMILES string of the molecule is Cn1ccnc(NC(=O)NCCc2cccs2)c1=O. The van der Waals surface area contributed by atoms with E-state index in [1.54, 1.807) is 18.4 Å². The first-order chi connectivity index (χ1) is 9.16. The lowest BCUT2D eigenvalue weighted by Crippen LogP contribution is -2.34. The van der Waals surface area contributed by atoms with Crippen LogP contribution in [0.15, 0.2) is 34.7 Å². The summed E-state index contributed by atoms with van der Waals surface area (Å²) in [6, 6.07) is 3.56. The highest BCUT2D eigenvalue weighted by atomic mass is 32.1. The minimum atomic E-state index is -0.424. The average Bonchev–Trinajstić information content (AvgIpc) is 2.88. The summed E-state index contributed by atoms with van der Waals surface area (Å²) >= 11 is 1.65. The van der Waals surface area contributed by atoms with Gasteiger partial charge in [0, 0.05) is 30.9 Å². The third-order valence-corrected chi connectivity index (χ3v) is 3.42. The number of anilines is 1. The Morgan fingerprint density at radius 2 is 2.37 bits per heavy atom. The third kappa shape index (κ3) is 3.65. The Balaban J connectivity index is 1.84. The van der Waals surface area contributed by atoms with E-state index in [1.165, 1.54) is 21.8 Å². The van der Waals surface area contributed by atoms with Crippen LogP contribution in [0.4, 0.5) is 10.6 Å². The Kier molecular flexibility index (Phi) is 4.30. The number of aromatic nitrogens is 2. The van der Waals surface area contributed by atoms with Crippen LogP contribution in [-0.4, -0.2) is 22.1 Å². The molecule has 0 aromatic carbocycles. The Morgan fingerprint density at radius 1 is 1.53 bits per heavy atom. The lowest BCUT2D eigenvalue weighted by molar-refractivity contribution is 0.252. The van der Waals surface area contributed by atoms with Gasteiger partial charge in [0.15, 0.2) is 0 Å². The highest BCUT2D eigenvalue weighted by Crippen LogP contribution is 2.07. The van der Waals surface area contributed by atoms with Gasteiger partial charge in [-0.15, -0.1) is 11.3 Å². The van der Waals surface area contributed by atoms with Crippen LogP contribution >= 0.6 is 11.3 Å². The van der Waals surface area contributed by atoms with Crippen molar-refractivity contribution >= 4 is 23.2 Å². The van der Waals surface area contributed by atoms with E-state index in [1.807, 2.05) is 17.5 Å². The van der Waals surface area contributed by atoms with Gasteiger partial charge < -0.3 is 9.88 Å². The molecular weight excluding hydrogens is 264 g/mol. The summed E-state index contributed by atoms with van der Waals surface area (Å²) in [5.74, 6) is 0.0265. The number of nitrogens with one attached hydrogen (secondary N) is 2. The molecule has 0 aliphatic rings. The molecule has 0 spiro atoms. The molecule has 2 heterocycles. The minimum absolute atomic E-state index is 0.0265. The molecule has 0 unspecified atom stereocenters. The Bertz CT molecular complexity index is 606. The topological polar surface area (TPSA) is 76.0 Å². The van der Waals surface area contributed by atoms with Crippen LogP contribution in [0.3, 0.4) is 0 Å². The number of aryl methyl sites for hydroxylation is 1. The van der Waals surface area contributed by atoms with Crippen LogP contribution in [0.5, 0.6) is 0 Å². The van der Waals surface area contributed by atoms with Crippen molar-refractivity contribution in [3.63, 3.8) is 0 Å². The number of nitrogens with zero attached hydrogens (tertiary/aromatic N) is 2. The molecule has 2 N–H and O–H groups in total. The summed E-state index contributed by atoms with van der Waals surface area (Å²) in [4.78, 5) is 28.3. The van der Waals surface area contributed by atoms with Gasteiger partial charge in [-0.05, 0) is 17.9 Å². The van der Waals surface area contributed by atoms with E-state index < -0.39 is 6.03 Å². The highest BCUT2D eigenvalue weighted by molar-refractivity contribution is 7.09. The quantitative estimate of drug-likeness (QED) is 0.882. The van der Waals surface area contributed by atoms with Gasteiger partial charge in [-0.1, -0.05) is 6.07 Å². The number of urea groups is 1. The van der Waals surface area contributed by atoms with E-state index in [9.17, 15) is 9.59 Å². The largest absolute Gasteiger partial charge is 0.337 e. The van der Waals surface area contributed by atoms with Crippen LogP contribution in [0.25, 0.3) is 0 Å². The fourth-order valence-corrected chi connectivity index (χ4v) is 2.20. The van der Waals surface area contributed by atoms with Crippen LogP contribution in [0.1, 0.15) is 4.88 Å². The Morgan fingerprint density at radius 3 is 3.11 bits per heavy atom. The molecular formula is C12H14N4O2S. The molecule has 0 atom stereocenters. The van der Waals surface area contributed by atoms with Crippen molar-refractivity contribution < 1.29 is 4.79 Å². The van der Waals surface area contributed by atoms with Gasteiger partial charge in [0.25, 0.3) is 5.56 Å². The summed E-state index contributed by atoms with van der Waals surface area (Å²) in [7, 11) is 1.60. The first kappa shape index (κ1) is 13.3. The molecule has 2 rings (SSSR count). The number of amides is 2. The fraction of sp³-hybridized carbons (Fsp3) is 0.250. The molecule has 0 radical (unpaired) electrons. The molecule has 0 saturated heterocycles. The molecule has 0 saturated carbocycles. The van der Waals surface area contributed by atoms with E-state index >= 15 is 0 Å². The first-order valence-electron chi connectivity index (χ1n) is 5.75. The maximum Gasteiger partial charge on any atom is 0.320 e. The zero-order chi connectivity index (χ0) is 13.7. The van der Waals surface area contributed by atoms with Crippen molar-refractivity contribution in [1.82, 2.24) is 14.9 Å².